The smallest absolute Gasteiger partial charge is 0.192 e. The molecular formula is C15H21N3O. The zero-order chi connectivity index (χ0) is 13.2. The Morgan fingerprint density at radius 3 is 2.95 bits per heavy atom. The number of aryl methyl sites for hydroxylation is 1. The maximum Gasteiger partial charge on any atom is 0.192 e. The first-order valence-electron chi connectivity index (χ1n) is 7.01. The van der Waals surface area contributed by atoms with Crippen molar-refractivity contribution in [2.24, 2.45) is 5.92 Å². The highest BCUT2D eigenvalue weighted by molar-refractivity contribution is 5.77. The number of hydrogen-bond acceptors (Lipinski definition) is 4. The van der Waals surface area contributed by atoms with E-state index in [4.69, 9.17) is 4.42 Å². The molecule has 1 aliphatic rings. The van der Waals surface area contributed by atoms with E-state index in [2.05, 4.69) is 34.4 Å². The molecule has 1 aromatic carbocycles. The average Bonchev–Trinajstić information content (AvgIpc) is 2.78. The number of oxazole rings is 1. The van der Waals surface area contributed by atoms with Crippen LogP contribution in [0.4, 0.5) is 5.69 Å². The standard InChI is InChI=1S/C15H21N3O/c1-11-17-14-4-3-13(9-15(14)19-11)18(2)10-12-5-7-16-8-6-12/h3-4,9,12,16H,5-8,10H2,1-2H3. The van der Waals surface area contributed by atoms with Crippen molar-refractivity contribution in [1.82, 2.24) is 10.3 Å². The first-order chi connectivity index (χ1) is 9.22. The summed E-state index contributed by atoms with van der Waals surface area (Å²) in [5.74, 6) is 1.52. The third-order valence-corrected chi connectivity index (χ3v) is 3.91. The highest BCUT2D eigenvalue weighted by atomic mass is 16.3. The van der Waals surface area contributed by atoms with E-state index in [1.165, 1.54) is 18.5 Å². The molecule has 3 rings (SSSR count). The van der Waals surface area contributed by atoms with Gasteiger partial charge in [0.2, 0.25) is 0 Å². The van der Waals surface area contributed by atoms with Crippen LogP contribution in [0.15, 0.2) is 22.6 Å². The fourth-order valence-electron chi connectivity index (χ4n) is 2.82. The second-order valence-electron chi connectivity index (χ2n) is 5.46. The molecule has 0 spiro atoms. The number of piperidine rings is 1. The summed E-state index contributed by atoms with van der Waals surface area (Å²) in [6.07, 6.45) is 2.54. The minimum atomic E-state index is 0.730. The fraction of sp³-hybridized carbons (Fsp3) is 0.533. The van der Waals surface area contributed by atoms with Crippen LogP contribution < -0.4 is 10.2 Å². The third-order valence-electron chi connectivity index (χ3n) is 3.91. The van der Waals surface area contributed by atoms with Crippen LogP contribution in [-0.4, -0.2) is 31.7 Å². The molecule has 0 bridgehead atoms. The van der Waals surface area contributed by atoms with Gasteiger partial charge >= 0.3 is 0 Å². The van der Waals surface area contributed by atoms with Crippen LogP contribution in [0.25, 0.3) is 11.1 Å². The van der Waals surface area contributed by atoms with Gasteiger partial charge in [-0.3, -0.25) is 0 Å². The van der Waals surface area contributed by atoms with Crippen molar-refractivity contribution >= 4 is 16.8 Å². The van der Waals surface area contributed by atoms with Crippen LogP contribution in [0.3, 0.4) is 0 Å². The van der Waals surface area contributed by atoms with Gasteiger partial charge in [-0.1, -0.05) is 0 Å². The summed E-state index contributed by atoms with van der Waals surface area (Å²) in [6, 6.07) is 6.27. The van der Waals surface area contributed by atoms with E-state index >= 15 is 0 Å². The van der Waals surface area contributed by atoms with Crippen LogP contribution in [-0.2, 0) is 0 Å². The van der Waals surface area contributed by atoms with E-state index in [0.29, 0.717) is 0 Å². The lowest BCUT2D eigenvalue weighted by molar-refractivity contribution is 0.378. The van der Waals surface area contributed by atoms with Gasteiger partial charge in [-0.25, -0.2) is 4.98 Å². The second-order valence-corrected chi connectivity index (χ2v) is 5.46. The average molecular weight is 259 g/mol. The summed E-state index contributed by atoms with van der Waals surface area (Å²) in [4.78, 5) is 6.66. The minimum absolute atomic E-state index is 0.730. The van der Waals surface area contributed by atoms with Gasteiger partial charge in [0.1, 0.15) is 5.52 Å². The first-order valence-corrected chi connectivity index (χ1v) is 7.01. The molecule has 4 heteroatoms. The van der Waals surface area contributed by atoms with Gasteiger partial charge in [0.15, 0.2) is 11.5 Å². The number of nitrogens with zero attached hydrogens (tertiary/aromatic N) is 2. The Hall–Kier alpha value is -1.55. The third kappa shape index (κ3) is 2.73. The number of fused-ring (bicyclic) bond motifs is 1. The quantitative estimate of drug-likeness (QED) is 0.920. The van der Waals surface area contributed by atoms with E-state index in [9.17, 15) is 0 Å². The molecule has 102 valence electrons. The second kappa shape index (κ2) is 5.21. The number of rotatable bonds is 3. The Morgan fingerprint density at radius 1 is 1.37 bits per heavy atom. The Kier molecular flexibility index (Phi) is 3.42. The first kappa shape index (κ1) is 12.5. The van der Waals surface area contributed by atoms with Gasteiger partial charge in [0, 0.05) is 32.3 Å². The van der Waals surface area contributed by atoms with Crippen molar-refractivity contribution in [2.45, 2.75) is 19.8 Å². The zero-order valence-electron chi connectivity index (χ0n) is 11.6. The van der Waals surface area contributed by atoms with Gasteiger partial charge in [-0.15, -0.1) is 0 Å². The van der Waals surface area contributed by atoms with Gasteiger partial charge in [-0.05, 0) is 44.0 Å². The molecule has 0 amide bonds. The number of benzene rings is 1. The lowest BCUT2D eigenvalue weighted by Crippen LogP contribution is -2.34. The molecule has 1 fully saturated rings. The van der Waals surface area contributed by atoms with Crippen LogP contribution in [0.2, 0.25) is 0 Å². The predicted molar refractivity (Wildman–Crippen MR) is 77.6 cm³/mol. The highest BCUT2D eigenvalue weighted by Crippen LogP contribution is 2.23. The van der Waals surface area contributed by atoms with Crippen LogP contribution in [0.5, 0.6) is 0 Å². The fourth-order valence-corrected chi connectivity index (χ4v) is 2.82. The molecule has 19 heavy (non-hydrogen) atoms. The van der Waals surface area contributed by atoms with Crippen LogP contribution in [0, 0.1) is 12.8 Å². The largest absolute Gasteiger partial charge is 0.441 e. The summed E-state index contributed by atoms with van der Waals surface area (Å²) < 4.78 is 5.60. The molecule has 1 aromatic heterocycles. The summed E-state index contributed by atoms with van der Waals surface area (Å²) >= 11 is 0. The molecule has 0 aliphatic carbocycles. The summed E-state index contributed by atoms with van der Waals surface area (Å²) in [7, 11) is 2.16. The number of aromatic nitrogens is 1. The maximum atomic E-state index is 5.60. The Morgan fingerprint density at radius 2 is 2.16 bits per heavy atom. The summed E-state index contributed by atoms with van der Waals surface area (Å²) in [6.45, 7) is 5.30. The monoisotopic (exact) mass is 259 g/mol. The predicted octanol–water partition coefficient (Wildman–Crippen LogP) is 2.57. The van der Waals surface area contributed by atoms with Crippen molar-refractivity contribution in [3.63, 3.8) is 0 Å². The molecule has 1 N–H and O–H groups in total. The molecular weight excluding hydrogens is 238 g/mol. The van der Waals surface area contributed by atoms with Crippen molar-refractivity contribution < 1.29 is 4.42 Å². The molecule has 2 aromatic rings. The highest BCUT2D eigenvalue weighted by Gasteiger charge is 2.15. The number of nitrogens with one attached hydrogen (secondary N) is 1. The van der Waals surface area contributed by atoms with Crippen molar-refractivity contribution in [2.75, 3.05) is 31.6 Å². The Labute approximate surface area is 113 Å². The molecule has 0 saturated carbocycles. The SMILES string of the molecule is Cc1nc2ccc(N(C)CC3CCNCC3)cc2o1. The van der Waals surface area contributed by atoms with Gasteiger partial charge in [0.05, 0.1) is 0 Å². The molecule has 1 saturated heterocycles. The van der Waals surface area contributed by atoms with Gasteiger partial charge in [0.25, 0.3) is 0 Å². The molecule has 0 atom stereocenters. The lowest BCUT2D eigenvalue weighted by Gasteiger charge is -2.28. The van der Waals surface area contributed by atoms with Crippen molar-refractivity contribution in [3.05, 3.63) is 24.1 Å². The van der Waals surface area contributed by atoms with Crippen molar-refractivity contribution in [1.29, 1.82) is 0 Å². The van der Waals surface area contributed by atoms with E-state index in [1.54, 1.807) is 0 Å². The molecule has 1 aliphatic heterocycles. The number of hydrogen-bond donors (Lipinski definition) is 1. The molecule has 4 nitrogen and oxygen atoms in total. The zero-order valence-corrected chi connectivity index (χ0v) is 11.6. The maximum absolute atomic E-state index is 5.60. The Bertz CT molecular complexity index is 558. The topological polar surface area (TPSA) is 41.3 Å². The Balaban J connectivity index is 1.74. The molecule has 0 radical (unpaired) electrons. The van der Waals surface area contributed by atoms with Crippen molar-refractivity contribution in [3.8, 4) is 0 Å². The molecule has 2 heterocycles. The van der Waals surface area contributed by atoms with E-state index in [1.807, 2.05) is 13.0 Å². The van der Waals surface area contributed by atoms with Crippen LogP contribution >= 0.6 is 0 Å². The lowest BCUT2D eigenvalue weighted by atomic mass is 9.97. The van der Waals surface area contributed by atoms with E-state index in [-0.39, 0.29) is 0 Å². The van der Waals surface area contributed by atoms with Gasteiger partial charge in [-0.2, -0.15) is 0 Å². The van der Waals surface area contributed by atoms with E-state index < -0.39 is 0 Å². The van der Waals surface area contributed by atoms with E-state index in [0.717, 1.165) is 42.5 Å². The minimum Gasteiger partial charge on any atom is -0.441 e. The molecule has 0 unspecified atom stereocenters. The van der Waals surface area contributed by atoms with Crippen LogP contribution in [0.1, 0.15) is 18.7 Å². The van der Waals surface area contributed by atoms with Gasteiger partial charge < -0.3 is 14.6 Å². The summed E-state index contributed by atoms with van der Waals surface area (Å²) in [5.41, 5.74) is 3.03. The number of anilines is 1. The summed E-state index contributed by atoms with van der Waals surface area (Å²) in [5, 5.41) is 3.41. The normalized spacial score (nSPS) is 16.9.